The van der Waals surface area contributed by atoms with E-state index in [0.29, 0.717) is 6.54 Å². The summed E-state index contributed by atoms with van der Waals surface area (Å²) in [5.41, 5.74) is 0. The number of carbonyl (C=O) groups is 3. The van der Waals surface area contributed by atoms with Crippen molar-refractivity contribution in [3.05, 3.63) is 0 Å². The molecule has 0 aromatic heterocycles. The molecule has 5 nitrogen and oxygen atoms in total. The molecule has 1 heterocycles. The highest BCUT2D eigenvalue weighted by atomic mass is 16.2. The van der Waals surface area contributed by atoms with Crippen LogP contribution >= 0.6 is 0 Å². The molecule has 1 unspecified atom stereocenters. The van der Waals surface area contributed by atoms with Gasteiger partial charge in [-0.25, -0.2) is 0 Å². The van der Waals surface area contributed by atoms with E-state index in [4.69, 9.17) is 0 Å². The Balaban J connectivity index is -0.000000595. The summed E-state index contributed by atoms with van der Waals surface area (Å²) in [7, 11) is 0. The average molecular weight is 331 g/mol. The molecule has 0 aliphatic carbocycles. The fourth-order valence-corrected chi connectivity index (χ4v) is 1.82. The lowest BCUT2D eigenvalue weighted by Gasteiger charge is -2.13. The van der Waals surface area contributed by atoms with Gasteiger partial charge in [0.2, 0.25) is 17.7 Å². The predicted molar refractivity (Wildman–Crippen MR) is 97.1 cm³/mol. The molecule has 1 fully saturated rings. The van der Waals surface area contributed by atoms with Crippen LogP contribution in [0.2, 0.25) is 0 Å². The summed E-state index contributed by atoms with van der Waals surface area (Å²) in [5.74, 6) is -1.02. The summed E-state index contributed by atoms with van der Waals surface area (Å²) in [6, 6.07) is 0. The van der Waals surface area contributed by atoms with Crippen molar-refractivity contribution in [1.82, 2.24) is 10.2 Å². The number of imide groups is 1. The Bertz CT molecular complexity index is 317. The van der Waals surface area contributed by atoms with E-state index >= 15 is 0 Å². The van der Waals surface area contributed by atoms with Crippen molar-refractivity contribution in [2.75, 3.05) is 13.1 Å². The number of rotatable bonds is 6. The van der Waals surface area contributed by atoms with E-state index in [1.54, 1.807) is 6.92 Å². The first-order valence-electron chi connectivity index (χ1n) is 9.17. The van der Waals surface area contributed by atoms with E-state index in [2.05, 4.69) is 12.2 Å². The molecule has 0 aromatic carbocycles. The van der Waals surface area contributed by atoms with Crippen LogP contribution < -0.4 is 5.32 Å². The lowest BCUT2D eigenvalue weighted by Crippen LogP contribution is -2.40. The number of amides is 3. The Morgan fingerprint density at radius 2 is 1.61 bits per heavy atom. The van der Waals surface area contributed by atoms with E-state index < -0.39 is 0 Å². The summed E-state index contributed by atoms with van der Waals surface area (Å²) in [5, 5.41) is 2.72. The van der Waals surface area contributed by atoms with Crippen LogP contribution in [0, 0.1) is 5.92 Å². The van der Waals surface area contributed by atoms with Crippen LogP contribution in [0.1, 0.15) is 81.1 Å². The van der Waals surface area contributed by atoms with Gasteiger partial charge in [0.15, 0.2) is 0 Å². The van der Waals surface area contributed by atoms with Crippen LogP contribution in [-0.4, -0.2) is 35.7 Å². The van der Waals surface area contributed by atoms with Crippen molar-refractivity contribution < 1.29 is 14.4 Å². The maximum atomic E-state index is 11.6. The smallest absolute Gasteiger partial charge is 0.240 e. The maximum Gasteiger partial charge on any atom is 0.240 e. The molecule has 1 aliphatic heterocycles. The highest BCUT2D eigenvalue weighted by molar-refractivity contribution is 6.05. The van der Waals surface area contributed by atoms with Crippen molar-refractivity contribution >= 4 is 17.7 Å². The Morgan fingerprint density at radius 3 is 2.00 bits per heavy atom. The molecule has 0 saturated carbocycles. The molecule has 1 rings (SSSR count). The van der Waals surface area contributed by atoms with Crippen molar-refractivity contribution in [2.24, 2.45) is 5.92 Å². The molecule has 23 heavy (non-hydrogen) atoms. The van der Waals surface area contributed by atoms with Gasteiger partial charge in [0, 0.05) is 18.9 Å². The van der Waals surface area contributed by atoms with Gasteiger partial charge in [-0.1, -0.05) is 68.2 Å². The largest absolute Gasteiger partial charge is 0.355 e. The van der Waals surface area contributed by atoms with Crippen molar-refractivity contribution in [3.8, 4) is 0 Å². The van der Waals surface area contributed by atoms with Crippen LogP contribution in [0.4, 0.5) is 0 Å². The van der Waals surface area contributed by atoms with Crippen molar-refractivity contribution in [2.45, 2.75) is 81.1 Å². The fraction of sp³-hybridized carbons (Fsp3) is 0.833. The zero-order chi connectivity index (χ0) is 18.8. The molecule has 138 valence electrons. The van der Waals surface area contributed by atoms with Gasteiger partial charge >= 0.3 is 0 Å². The van der Waals surface area contributed by atoms with Gasteiger partial charge in [-0.15, -0.1) is 0 Å². The van der Waals surface area contributed by atoms with Crippen molar-refractivity contribution in [1.29, 1.82) is 0 Å². The molecule has 0 spiro atoms. The monoisotopic (exact) mass is 330 g/mol. The minimum Gasteiger partial charge on any atom is -0.355 e. The van der Waals surface area contributed by atoms with Gasteiger partial charge in [0.1, 0.15) is 6.54 Å². The van der Waals surface area contributed by atoms with Crippen LogP contribution in [0.3, 0.4) is 0 Å². The van der Waals surface area contributed by atoms with Gasteiger partial charge in [-0.2, -0.15) is 0 Å². The molecule has 3 amide bonds. The lowest BCUT2D eigenvalue weighted by atomic mass is 10.1. The number of likely N-dealkylation sites (tertiary alicyclic amines) is 1. The molecule has 1 aliphatic rings. The molecular formula is C18H38N2O3. The number of carbonyl (C=O) groups excluding carboxylic acids is 3. The van der Waals surface area contributed by atoms with Crippen LogP contribution in [0.25, 0.3) is 0 Å². The quantitative estimate of drug-likeness (QED) is 0.595. The third-order valence-corrected chi connectivity index (χ3v) is 2.87. The van der Waals surface area contributed by atoms with Gasteiger partial charge in [0.25, 0.3) is 0 Å². The minimum absolute atomic E-state index is 0.131. The average Bonchev–Trinajstić information content (AvgIpc) is 2.83. The Morgan fingerprint density at radius 1 is 1.09 bits per heavy atom. The number of nitrogens with zero attached hydrogens (tertiary/aromatic N) is 1. The summed E-state index contributed by atoms with van der Waals surface area (Å²) >= 11 is 0. The number of hydrogen-bond acceptors (Lipinski definition) is 3. The van der Waals surface area contributed by atoms with Crippen LogP contribution in [-0.2, 0) is 14.4 Å². The zero-order valence-electron chi connectivity index (χ0n) is 16.5. The first-order chi connectivity index (χ1) is 11.1. The Labute approximate surface area is 143 Å². The van der Waals surface area contributed by atoms with Gasteiger partial charge in [0.05, 0.1) is 0 Å². The molecule has 5 heteroatoms. The summed E-state index contributed by atoms with van der Waals surface area (Å²) in [6.45, 7) is 16.3. The third kappa shape index (κ3) is 11.8. The predicted octanol–water partition coefficient (Wildman–Crippen LogP) is 3.77. The highest BCUT2D eigenvalue weighted by Crippen LogP contribution is 2.17. The Kier molecular flexibility index (Phi) is 21.5. The van der Waals surface area contributed by atoms with E-state index in [0.717, 1.165) is 24.2 Å². The van der Waals surface area contributed by atoms with Crippen molar-refractivity contribution in [3.63, 3.8) is 0 Å². The van der Waals surface area contributed by atoms with Gasteiger partial charge < -0.3 is 5.32 Å². The number of hydrogen-bond donors (Lipinski definition) is 1. The minimum atomic E-state index is -0.282. The first-order valence-corrected chi connectivity index (χ1v) is 9.17. The van der Waals surface area contributed by atoms with Crippen LogP contribution in [0.5, 0.6) is 0 Å². The molecule has 1 atom stereocenters. The molecule has 0 aromatic rings. The maximum absolute atomic E-state index is 11.6. The second kappa shape index (κ2) is 18.7. The summed E-state index contributed by atoms with van der Waals surface area (Å²) in [4.78, 5) is 35.5. The number of nitrogens with one attached hydrogen (secondary N) is 1. The van der Waals surface area contributed by atoms with E-state index in [1.807, 2.05) is 41.5 Å². The molecular weight excluding hydrogens is 292 g/mol. The Hall–Kier alpha value is -1.39. The van der Waals surface area contributed by atoms with E-state index in [1.165, 1.54) is 0 Å². The first kappa shape index (κ1) is 26.5. The zero-order valence-corrected chi connectivity index (χ0v) is 16.5. The number of unbranched alkanes of at least 4 members (excludes halogenated alkanes) is 2. The molecule has 0 bridgehead atoms. The second-order valence-corrected chi connectivity index (χ2v) is 4.48. The molecule has 1 saturated heterocycles. The lowest BCUT2D eigenvalue weighted by molar-refractivity contribution is -0.143. The van der Waals surface area contributed by atoms with E-state index in [-0.39, 0.29) is 36.6 Å². The van der Waals surface area contributed by atoms with Gasteiger partial charge in [-0.05, 0) is 6.42 Å². The normalized spacial score (nSPS) is 15.5. The second-order valence-electron chi connectivity index (χ2n) is 4.48. The molecule has 1 N–H and O–H groups in total. The summed E-state index contributed by atoms with van der Waals surface area (Å²) in [6.07, 6.45) is 3.32. The third-order valence-electron chi connectivity index (χ3n) is 2.87. The van der Waals surface area contributed by atoms with Crippen LogP contribution in [0.15, 0.2) is 0 Å². The fourth-order valence-electron chi connectivity index (χ4n) is 1.82. The van der Waals surface area contributed by atoms with Gasteiger partial charge in [-0.3, -0.25) is 19.3 Å². The highest BCUT2D eigenvalue weighted by Gasteiger charge is 2.36. The topological polar surface area (TPSA) is 66.5 Å². The standard InChI is InChI=1S/C12H20N2O3.3C2H6/c1-3-4-5-6-13-10(15)8-14-11(16)7-9(2)12(14)17;3*1-2/h9H,3-8H2,1-2H3,(H,13,15);3*1-2H3. The molecule has 0 radical (unpaired) electrons. The SMILES string of the molecule is CC.CC.CC.CCCCCNC(=O)CN1C(=O)CC(C)C1=O. The summed E-state index contributed by atoms with van der Waals surface area (Å²) < 4.78 is 0. The van der Waals surface area contributed by atoms with E-state index in [9.17, 15) is 14.4 Å².